The molecule has 0 aliphatic rings. The van der Waals surface area contributed by atoms with Gasteiger partial charge in [0, 0.05) is 0 Å². The van der Waals surface area contributed by atoms with Crippen molar-refractivity contribution < 1.29 is 9.47 Å². The van der Waals surface area contributed by atoms with Gasteiger partial charge in [0.05, 0.1) is 0 Å². The van der Waals surface area contributed by atoms with Crippen molar-refractivity contribution in [3.8, 4) is 23.0 Å². The van der Waals surface area contributed by atoms with Gasteiger partial charge in [-0.25, -0.2) is 0 Å². The van der Waals surface area contributed by atoms with Gasteiger partial charge in [0.1, 0.15) is 23.0 Å². The Morgan fingerprint density at radius 3 is 1.47 bits per heavy atom. The summed E-state index contributed by atoms with van der Waals surface area (Å²) < 4.78 is 11.8. The first-order valence-corrected chi connectivity index (χ1v) is 11.7. The molecule has 0 fully saturated rings. The standard InChI is InChI=1S/C32H30O2/c1-3-26(28-19-23-32(24-20-28)34-30-15-8-5-9-16-30)12-10-11-25(2)27-17-21-31(22-18-27)33-29-13-6-4-7-14-29/h4-9,11-24H,3,10H2,1-2H3/b25-11-,26-12-. The van der Waals surface area contributed by atoms with Gasteiger partial charge in [0.15, 0.2) is 0 Å². The molecule has 0 radical (unpaired) electrons. The zero-order chi connectivity index (χ0) is 23.6. The van der Waals surface area contributed by atoms with Crippen molar-refractivity contribution in [2.24, 2.45) is 0 Å². The predicted molar refractivity (Wildman–Crippen MR) is 142 cm³/mol. The Hall–Kier alpha value is -4.04. The van der Waals surface area contributed by atoms with E-state index in [2.05, 4.69) is 50.3 Å². The van der Waals surface area contributed by atoms with Crippen molar-refractivity contribution >= 4 is 11.1 Å². The van der Waals surface area contributed by atoms with Gasteiger partial charge in [-0.2, -0.15) is 0 Å². The Labute approximate surface area is 202 Å². The van der Waals surface area contributed by atoms with Gasteiger partial charge in [-0.15, -0.1) is 0 Å². The van der Waals surface area contributed by atoms with Crippen molar-refractivity contribution in [2.45, 2.75) is 26.7 Å². The highest BCUT2D eigenvalue weighted by atomic mass is 16.5. The van der Waals surface area contributed by atoms with E-state index in [1.165, 1.54) is 22.3 Å². The van der Waals surface area contributed by atoms with Crippen LogP contribution < -0.4 is 9.47 Å². The largest absolute Gasteiger partial charge is 0.457 e. The average Bonchev–Trinajstić information content (AvgIpc) is 2.89. The lowest BCUT2D eigenvalue weighted by molar-refractivity contribution is 0.482. The summed E-state index contributed by atoms with van der Waals surface area (Å²) in [6.07, 6.45) is 6.45. The zero-order valence-corrected chi connectivity index (χ0v) is 19.8. The van der Waals surface area contributed by atoms with E-state index in [0.29, 0.717) is 0 Å². The fraction of sp³-hybridized carbons (Fsp3) is 0.125. The quantitative estimate of drug-likeness (QED) is 0.255. The third-order valence-corrected chi connectivity index (χ3v) is 5.66. The summed E-state index contributed by atoms with van der Waals surface area (Å²) in [7, 11) is 0. The second-order valence-electron chi connectivity index (χ2n) is 8.08. The molecule has 0 saturated carbocycles. The molecule has 4 aromatic rings. The van der Waals surface area contributed by atoms with Gasteiger partial charge >= 0.3 is 0 Å². The smallest absolute Gasteiger partial charge is 0.127 e. The lowest BCUT2D eigenvalue weighted by Gasteiger charge is -2.09. The second kappa shape index (κ2) is 11.7. The van der Waals surface area contributed by atoms with Gasteiger partial charge < -0.3 is 9.47 Å². The van der Waals surface area contributed by atoms with Gasteiger partial charge in [-0.1, -0.05) is 79.7 Å². The van der Waals surface area contributed by atoms with Crippen LogP contribution >= 0.6 is 0 Å². The summed E-state index contributed by atoms with van der Waals surface area (Å²) in [6.45, 7) is 4.35. The summed E-state index contributed by atoms with van der Waals surface area (Å²) >= 11 is 0. The third kappa shape index (κ3) is 6.49. The van der Waals surface area contributed by atoms with Crippen LogP contribution in [0, 0.1) is 0 Å². The van der Waals surface area contributed by atoms with Gasteiger partial charge in [-0.05, 0) is 90.6 Å². The minimum atomic E-state index is 0.843. The molecule has 0 aliphatic carbocycles. The molecular weight excluding hydrogens is 416 g/mol. The van der Waals surface area contributed by atoms with Crippen LogP contribution in [0.5, 0.6) is 23.0 Å². The molecule has 2 nitrogen and oxygen atoms in total. The number of rotatable bonds is 9. The molecule has 0 spiro atoms. The zero-order valence-electron chi connectivity index (χ0n) is 19.8. The molecule has 4 aromatic carbocycles. The molecule has 0 heterocycles. The van der Waals surface area contributed by atoms with Crippen LogP contribution in [0.25, 0.3) is 11.1 Å². The highest BCUT2D eigenvalue weighted by Gasteiger charge is 2.02. The van der Waals surface area contributed by atoms with Crippen molar-refractivity contribution in [3.05, 3.63) is 132 Å². The predicted octanol–water partition coefficient (Wildman–Crippen LogP) is 9.56. The van der Waals surface area contributed by atoms with Crippen LogP contribution in [-0.4, -0.2) is 0 Å². The minimum absolute atomic E-state index is 0.843. The van der Waals surface area contributed by atoms with Crippen molar-refractivity contribution in [3.63, 3.8) is 0 Å². The fourth-order valence-electron chi connectivity index (χ4n) is 3.73. The number of allylic oxidation sites excluding steroid dienone is 4. The van der Waals surface area contributed by atoms with Crippen LogP contribution in [-0.2, 0) is 0 Å². The Kier molecular flexibility index (Phi) is 7.97. The number of ether oxygens (including phenoxy) is 2. The van der Waals surface area contributed by atoms with Gasteiger partial charge in [-0.3, -0.25) is 0 Å². The molecule has 0 atom stereocenters. The highest BCUT2D eigenvalue weighted by molar-refractivity contribution is 5.68. The topological polar surface area (TPSA) is 18.5 Å². The van der Waals surface area contributed by atoms with E-state index in [-0.39, 0.29) is 0 Å². The molecule has 0 bridgehead atoms. The molecule has 2 heteroatoms. The first kappa shape index (κ1) is 23.1. The molecule has 0 N–H and O–H groups in total. The number of para-hydroxylation sites is 2. The molecular formula is C32H30O2. The SMILES string of the molecule is CC/C(=C/C/C=C(/C)c1ccc(Oc2ccccc2)cc1)c1ccc(Oc2ccccc2)cc1. The van der Waals surface area contributed by atoms with Crippen molar-refractivity contribution in [2.75, 3.05) is 0 Å². The van der Waals surface area contributed by atoms with Crippen LogP contribution in [0.15, 0.2) is 121 Å². The summed E-state index contributed by atoms with van der Waals surface area (Å²) in [5, 5.41) is 0. The summed E-state index contributed by atoms with van der Waals surface area (Å²) in [5.74, 6) is 3.39. The summed E-state index contributed by atoms with van der Waals surface area (Å²) in [4.78, 5) is 0. The van der Waals surface area contributed by atoms with E-state index in [1.807, 2.05) is 84.9 Å². The summed E-state index contributed by atoms with van der Waals surface area (Å²) in [5.41, 5.74) is 5.03. The Bertz CT molecular complexity index is 1220. The van der Waals surface area contributed by atoms with Crippen molar-refractivity contribution in [1.29, 1.82) is 0 Å². The van der Waals surface area contributed by atoms with E-state index in [1.54, 1.807) is 0 Å². The molecule has 0 aliphatic heterocycles. The van der Waals surface area contributed by atoms with Crippen LogP contribution in [0.3, 0.4) is 0 Å². The first-order valence-electron chi connectivity index (χ1n) is 11.7. The van der Waals surface area contributed by atoms with E-state index in [0.717, 1.165) is 35.8 Å². The fourth-order valence-corrected chi connectivity index (χ4v) is 3.73. The highest BCUT2D eigenvalue weighted by Crippen LogP contribution is 2.27. The number of hydrogen-bond donors (Lipinski definition) is 0. The minimum Gasteiger partial charge on any atom is -0.457 e. The maximum atomic E-state index is 5.91. The van der Waals surface area contributed by atoms with Crippen LogP contribution in [0.4, 0.5) is 0 Å². The molecule has 0 aromatic heterocycles. The molecule has 0 unspecified atom stereocenters. The summed E-state index contributed by atoms with van der Waals surface area (Å²) in [6, 6.07) is 36.3. The lowest BCUT2D eigenvalue weighted by Crippen LogP contribution is -1.87. The third-order valence-electron chi connectivity index (χ3n) is 5.66. The van der Waals surface area contributed by atoms with Gasteiger partial charge in [0.2, 0.25) is 0 Å². The Morgan fingerprint density at radius 2 is 1.00 bits per heavy atom. The maximum absolute atomic E-state index is 5.91. The molecule has 4 rings (SSSR count). The Balaban J connectivity index is 1.37. The van der Waals surface area contributed by atoms with E-state index in [4.69, 9.17) is 9.47 Å². The van der Waals surface area contributed by atoms with E-state index in [9.17, 15) is 0 Å². The van der Waals surface area contributed by atoms with Crippen molar-refractivity contribution in [1.82, 2.24) is 0 Å². The molecule has 0 amide bonds. The van der Waals surface area contributed by atoms with Gasteiger partial charge in [0.25, 0.3) is 0 Å². The number of benzene rings is 4. The number of hydrogen-bond acceptors (Lipinski definition) is 2. The average molecular weight is 447 g/mol. The van der Waals surface area contributed by atoms with E-state index >= 15 is 0 Å². The lowest BCUT2D eigenvalue weighted by atomic mass is 10.0. The Morgan fingerprint density at radius 1 is 0.559 bits per heavy atom. The first-order chi connectivity index (χ1) is 16.7. The monoisotopic (exact) mass is 446 g/mol. The molecule has 34 heavy (non-hydrogen) atoms. The van der Waals surface area contributed by atoms with E-state index < -0.39 is 0 Å². The van der Waals surface area contributed by atoms with Crippen LogP contribution in [0.1, 0.15) is 37.8 Å². The molecule has 0 saturated heterocycles. The maximum Gasteiger partial charge on any atom is 0.127 e. The molecule has 170 valence electrons. The normalized spacial score (nSPS) is 11.8. The second-order valence-corrected chi connectivity index (χ2v) is 8.08. The van der Waals surface area contributed by atoms with Crippen LogP contribution in [0.2, 0.25) is 0 Å².